The maximum absolute atomic E-state index is 11.3. The van der Waals surface area contributed by atoms with E-state index in [4.69, 9.17) is 5.11 Å². The molecule has 0 aliphatic carbocycles. The Hall–Kier alpha value is -1.95. The summed E-state index contributed by atoms with van der Waals surface area (Å²) >= 11 is 3.28. The molecule has 0 unspecified atom stereocenters. The number of hydrogen-bond acceptors (Lipinski definition) is 3. The van der Waals surface area contributed by atoms with Crippen LogP contribution in [0.4, 0.5) is 0 Å². The van der Waals surface area contributed by atoms with E-state index < -0.39 is 11.5 Å². The summed E-state index contributed by atoms with van der Waals surface area (Å²) in [4.78, 5) is 28.4. The van der Waals surface area contributed by atoms with Gasteiger partial charge < -0.3 is 10.1 Å². The molecule has 0 amide bonds. The number of rotatable bonds is 2. The van der Waals surface area contributed by atoms with Crippen molar-refractivity contribution >= 4 is 21.9 Å². The van der Waals surface area contributed by atoms with Gasteiger partial charge in [0, 0.05) is 16.1 Å². The molecule has 2 N–H and O–H groups in total. The number of benzene rings is 1. The molecule has 2 aromatic rings. The largest absolute Gasteiger partial charge is 0.477 e. The van der Waals surface area contributed by atoms with E-state index in [-0.39, 0.29) is 11.5 Å². The molecule has 1 heterocycles. The second kappa shape index (κ2) is 4.50. The molecule has 0 saturated heterocycles. The van der Waals surface area contributed by atoms with E-state index in [1.807, 2.05) is 0 Å². The topological polar surface area (TPSA) is 83.0 Å². The molecule has 0 fully saturated rings. The van der Waals surface area contributed by atoms with Crippen molar-refractivity contribution in [2.75, 3.05) is 0 Å². The van der Waals surface area contributed by atoms with Gasteiger partial charge in [-0.05, 0) is 12.1 Å². The second-order valence-electron chi connectivity index (χ2n) is 3.29. The fraction of sp³-hybridized carbons (Fsp3) is 0. The Labute approximate surface area is 104 Å². The summed E-state index contributed by atoms with van der Waals surface area (Å²) in [5.41, 5.74) is -0.115. The second-order valence-corrected chi connectivity index (χ2v) is 4.21. The van der Waals surface area contributed by atoms with Crippen molar-refractivity contribution in [2.45, 2.75) is 0 Å². The van der Waals surface area contributed by atoms with Gasteiger partial charge in [0.2, 0.25) is 0 Å². The number of nitrogens with zero attached hydrogens (tertiary/aromatic N) is 1. The monoisotopic (exact) mass is 294 g/mol. The van der Waals surface area contributed by atoms with Crippen LogP contribution in [-0.2, 0) is 0 Å². The van der Waals surface area contributed by atoms with Crippen molar-refractivity contribution in [3.05, 3.63) is 50.9 Å². The lowest BCUT2D eigenvalue weighted by Gasteiger charge is -2.01. The third kappa shape index (κ3) is 2.59. The van der Waals surface area contributed by atoms with Crippen LogP contribution in [-0.4, -0.2) is 21.0 Å². The van der Waals surface area contributed by atoms with Gasteiger partial charge in [-0.1, -0.05) is 28.1 Å². The zero-order valence-electron chi connectivity index (χ0n) is 8.48. The van der Waals surface area contributed by atoms with Gasteiger partial charge in [-0.15, -0.1) is 0 Å². The maximum Gasteiger partial charge on any atom is 0.354 e. The minimum absolute atomic E-state index is 0.238. The van der Waals surface area contributed by atoms with E-state index in [2.05, 4.69) is 25.9 Å². The van der Waals surface area contributed by atoms with Crippen molar-refractivity contribution in [2.24, 2.45) is 0 Å². The molecule has 86 valence electrons. The van der Waals surface area contributed by atoms with Crippen molar-refractivity contribution in [1.82, 2.24) is 9.97 Å². The zero-order valence-corrected chi connectivity index (χ0v) is 10.1. The lowest BCUT2D eigenvalue weighted by Crippen LogP contribution is -2.13. The quantitative estimate of drug-likeness (QED) is 0.886. The van der Waals surface area contributed by atoms with Crippen molar-refractivity contribution in [3.63, 3.8) is 0 Å². The first kappa shape index (κ1) is 11.5. The number of aromatic nitrogens is 2. The third-order valence-electron chi connectivity index (χ3n) is 2.08. The van der Waals surface area contributed by atoms with Gasteiger partial charge >= 0.3 is 5.97 Å². The first-order chi connectivity index (χ1) is 8.06. The fourth-order valence-corrected chi connectivity index (χ4v) is 1.58. The van der Waals surface area contributed by atoms with E-state index in [1.54, 1.807) is 24.3 Å². The zero-order chi connectivity index (χ0) is 12.4. The van der Waals surface area contributed by atoms with Gasteiger partial charge in [-0.25, -0.2) is 9.78 Å². The number of aromatic amines is 1. The summed E-state index contributed by atoms with van der Waals surface area (Å²) in [6.45, 7) is 0. The van der Waals surface area contributed by atoms with Crippen molar-refractivity contribution in [3.8, 4) is 11.4 Å². The van der Waals surface area contributed by atoms with Gasteiger partial charge in [-0.2, -0.15) is 0 Å². The Balaban J connectivity index is 2.55. The van der Waals surface area contributed by atoms with E-state index in [0.29, 0.717) is 5.56 Å². The van der Waals surface area contributed by atoms with Crippen LogP contribution in [0, 0.1) is 0 Å². The van der Waals surface area contributed by atoms with Crippen LogP contribution < -0.4 is 5.56 Å². The number of nitrogens with one attached hydrogen (secondary N) is 1. The molecule has 17 heavy (non-hydrogen) atoms. The highest BCUT2D eigenvalue weighted by Gasteiger charge is 2.09. The van der Waals surface area contributed by atoms with E-state index in [0.717, 1.165) is 10.5 Å². The number of carboxylic acids is 1. The Kier molecular flexibility index (Phi) is 3.06. The average Bonchev–Trinajstić information content (AvgIpc) is 2.29. The van der Waals surface area contributed by atoms with Crippen LogP contribution in [0.1, 0.15) is 10.5 Å². The predicted molar refractivity (Wildman–Crippen MR) is 65.0 cm³/mol. The highest BCUT2D eigenvalue weighted by Crippen LogP contribution is 2.17. The summed E-state index contributed by atoms with van der Waals surface area (Å²) in [5, 5.41) is 8.80. The van der Waals surface area contributed by atoms with E-state index in [9.17, 15) is 9.59 Å². The Morgan fingerprint density at radius 3 is 2.53 bits per heavy atom. The Bertz CT molecular complexity index is 619. The summed E-state index contributed by atoms with van der Waals surface area (Å²) < 4.78 is 0.887. The minimum atomic E-state index is -1.23. The molecule has 2 rings (SSSR count). The molecule has 5 nitrogen and oxygen atoms in total. The highest BCUT2D eigenvalue weighted by atomic mass is 79.9. The molecule has 1 aromatic heterocycles. The lowest BCUT2D eigenvalue weighted by molar-refractivity contribution is 0.0690. The molecule has 0 aliphatic heterocycles. The lowest BCUT2D eigenvalue weighted by atomic mass is 10.2. The van der Waals surface area contributed by atoms with Gasteiger partial charge in [0.15, 0.2) is 5.69 Å². The van der Waals surface area contributed by atoms with Crippen molar-refractivity contribution in [1.29, 1.82) is 0 Å². The van der Waals surface area contributed by atoms with Crippen LogP contribution in [0.3, 0.4) is 0 Å². The summed E-state index contributed by atoms with van der Waals surface area (Å²) in [6.07, 6.45) is 0. The van der Waals surface area contributed by atoms with Crippen LogP contribution in [0.25, 0.3) is 11.4 Å². The normalized spacial score (nSPS) is 10.2. The van der Waals surface area contributed by atoms with Gasteiger partial charge in [0.25, 0.3) is 5.56 Å². The number of aromatic carboxylic acids is 1. The first-order valence-corrected chi connectivity index (χ1v) is 5.46. The number of carboxylic acid groups (broad SMARTS) is 1. The molecule has 6 heteroatoms. The molecule has 0 atom stereocenters. The van der Waals surface area contributed by atoms with Gasteiger partial charge in [0.05, 0.1) is 0 Å². The van der Waals surface area contributed by atoms with Crippen LogP contribution in [0.5, 0.6) is 0 Å². The van der Waals surface area contributed by atoms with Crippen LogP contribution >= 0.6 is 15.9 Å². The maximum atomic E-state index is 11.3. The summed E-state index contributed by atoms with van der Waals surface area (Å²) in [7, 11) is 0. The first-order valence-electron chi connectivity index (χ1n) is 4.67. The van der Waals surface area contributed by atoms with Crippen LogP contribution in [0.15, 0.2) is 39.6 Å². The van der Waals surface area contributed by atoms with Crippen LogP contribution in [0.2, 0.25) is 0 Å². The Morgan fingerprint density at radius 2 is 1.94 bits per heavy atom. The number of halogens is 1. The SMILES string of the molecule is O=C(O)c1cc(=O)[nH]c(-c2ccc(Br)cc2)n1. The molecule has 0 aliphatic rings. The van der Waals surface area contributed by atoms with Gasteiger partial charge in [-0.3, -0.25) is 4.79 Å². The Morgan fingerprint density at radius 1 is 1.29 bits per heavy atom. The predicted octanol–water partition coefficient (Wildman–Crippen LogP) is 1.90. The minimum Gasteiger partial charge on any atom is -0.477 e. The standard InChI is InChI=1S/C11H7BrN2O3/c12-7-3-1-6(2-4-7)10-13-8(11(16)17)5-9(15)14-10/h1-5H,(H,16,17)(H,13,14,15). The molecule has 0 spiro atoms. The molecule has 0 saturated carbocycles. The smallest absolute Gasteiger partial charge is 0.354 e. The molecule has 0 bridgehead atoms. The number of hydrogen-bond donors (Lipinski definition) is 2. The van der Waals surface area contributed by atoms with E-state index >= 15 is 0 Å². The molecular weight excluding hydrogens is 288 g/mol. The summed E-state index contributed by atoms with van der Waals surface area (Å²) in [5.74, 6) is -0.989. The average molecular weight is 295 g/mol. The molecular formula is C11H7BrN2O3. The number of carbonyl (C=O) groups is 1. The molecule has 1 aromatic carbocycles. The highest BCUT2D eigenvalue weighted by molar-refractivity contribution is 9.10. The van der Waals surface area contributed by atoms with Gasteiger partial charge in [0.1, 0.15) is 5.82 Å². The molecule has 0 radical (unpaired) electrons. The number of H-pyrrole nitrogens is 1. The third-order valence-corrected chi connectivity index (χ3v) is 2.61. The van der Waals surface area contributed by atoms with Crippen molar-refractivity contribution < 1.29 is 9.90 Å². The van der Waals surface area contributed by atoms with E-state index in [1.165, 1.54) is 0 Å². The summed E-state index contributed by atoms with van der Waals surface area (Å²) in [6, 6.07) is 7.97. The fourth-order valence-electron chi connectivity index (χ4n) is 1.31.